The first-order valence-corrected chi connectivity index (χ1v) is 6.73. The summed E-state index contributed by atoms with van der Waals surface area (Å²) in [6, 6.07) is 12.4. The fourth-order valence-corrected chi connectivity index (χ4v) is 2.71. The Morgan fingerprint density at radius 1 is 1.21 bits per heavy atom. The van der Waals surface area contributed by atoms with Crippen LogP contribution in [-0.4, -0.2) is 16.4 Å². The molecule has 0 fully saturated rings. The maximum atomic E-state index is 6.08. The Morgan fingerprint density at radius 3 is 2.89 bits per heavy atom. The van der Waals surface area contributed by atoms with Crippen LogP contribution < -0.4 is 5.73 Å². The van der Waals surface area contributed by atoms with Crippen molar-refractivity contribution in [3.63, 3.8) is 0 Å². The molecular formula is C16H19N3. The monoisotopic (exact) mass is 253 g/mol. The summed E-state index contributed by atoms with van der Waals surface area (Å²) in [4.78, 5) is 6.99. The Hall–Kier alpha value is -1.87. The zero-order valence-corrected chi connectivity index (χ0v) is 11.3. The van der Waals surface area contributed by atoms with Crippen LogP contribution in [0.3, 0.4) is 0 Å². The van der Waals surface area contributed by atoms with E-state index < -0.39 is 0 Å². The van der Waals surface area contributed by atoms with Crippen molar-refractivity contribution in [2.24, 2.45) is 0 Å². The van der Waals surface area contributed by atoms with Gasteiger partial charge < -0.3 is 5.73 Å². The van der Waals surface area contributed by atoms with Crippen molar-refractivity contribution in [3.8, 4) is 0 Å². The zero-order chi connectivity index (χ0) is 13.2. The van der Waals surface area contributed by atoms with Gasteiger partial charge in [0.2, 0.25) is 0 Å². The van der Waals surface area contributed by atoms with Gasteiger partial charge in [-0.3, -0.25) is 9.88 Å². The molecule has 0 saturated carbocycles. The molecular weight excluding hydrogens is 234 g/mol. The van der Waals surface area contributed by atoms with E-state index in [1.54, 1.807) is 0 Å². The third-order valence-electron chi connectivity index (χ3n) is 3.72. The molecule has 1 aromatic heterocycles. The van der Waals surface area contributed by atoms with Crippen LogP contribution in [0.4, 0.5) is 5.69 Å². The molecule has 0 aliphatic carbocycles. The second-order valence-corrected chi connectivity index (χ2v) is 5.22. The Balaban J connectivity index is 1.77. The molecule has 2 heterocycles. The molecule has 3 rings (SSSR count). The summed E-state index contributed by atoms with van der Waals surface area (Å²) >= 11 is 0. The van der Waals surface area contributed by atoms with Crippen LogP contribution in [0.15, 0.2) is 36.4 Å². The molecule has 2 N–H and O–H groups in total. The van der Waals surface area contributed by atoms with Gasteiger partial charge in [0, 0.05) is 31.0 Å². The summed E-state index contributed by atoms with van der Waals surface area (Å²) in [5, 5.41) is 0. The normalized spacial score (nSPS) is 15.2. The molecule has 0 unspecified atom stereocenters. The fraction of sp³-hybridized carbons (Fsp3) is 0.312. The quantitative estimate of drug-likeness (QED) is 0.836. The van der Waals surface area contributed by atoms with E-state index >= 15 is 0 Å². The number of rotatable bonds is 2. The van der Waals surface area contributed by atoms with E-state index in [4.69, 9.17) is 5.73 Å². The molecule has 3 nitrogen and oxygen atoms in total. The highest BCUT2D eigenvalue weighted by Gasteiger charge is 2.18. The average Bonchev–Trinajstić information content (AvgIpc) is 2.40. The molecule has 3 heteroatoms. The number of aromatic nitrogens is 1. The number of nitrogens with two attached hydrogens (primary N) is 1. The Morgan fingerprint density at radius 2 is 2.05 bits per heavy atom. The second kappa shape index (κ2) is 5.02. The van der Waals surface area contributed by atoms with E-state index in [2.05, 4.69) is 28.1 Å². The van der Waals surface area contributed by atoms with Crippen molar-refractivity contribution in [2.45, 2.75) is 26.4 Å². The van der Waals surface area contributed by atoms with E-state index in [1.165, 1.54) is 11.1 Å². The van der Waals surface area contributed by atoms with Gasteiger partial charge in [0.1, 0.15) is 0 Å². The summed E-state index contributed by atoms with van der Waals surface area (Å²) in [7, 11) is 0. The minimum Gasteiger partial charge on any atom is -0.398 e. The van der Waals surface area contributed by atoms with Crippen molar-refractivity contribution in [1.29, 1.82) is 0 Å². The Bertz CT molecular complexity index is 592. The van der Waals surface area contributed by atoms with Crippen LogP contribution in [0.2, 0.25) is 0 Å². The minimum atomic E-state index is 0.898. The van der Waals surface area contributed by atoms with E-state index in [-0.39, 0.29) is 0 Å². The molecule has 0 atom stereocenters. The predicted octanol–water partition coefficient (Wildman–Crippen LogP) is 2.53. The van der Waals surface area contributed by atoms with Gasteiger partial charge in [-0.05, 0) is 42.7 Å². The average molecular weight is 253 g/mol. The van der Waals surface area contributed by atoms with Gasteiger partial charge >= 0.3 is 0 Å². The molecule has 0 spiro atoms. The maximum absolute atomic E-state index is 6.08. The third kappa shape index (κ3) is 2.61. The number of fused-ring (bicyclic) bond motifs is 1. The predicted molar refractivity (Wildman–Crippen MR) is 77.6 cm³/mol. The molecule has 2 aromatic rings. The smallest absolute Gasteiger partial charge is 0.0547 e. The number of benzene rings is 1. The van der Waals surface area contributed by atoms with Gasteiger partial charge in [-0.25, -0.2) is 0 Å². The summed E-state index contributed by atoms with van der Waals surface area (Å²) in [6.45, 7) is 4.94. The molecule has 98 valence electrons. The van der Waals surface area contributed by atoms with Gasteiger partial charge in [0.05, 0.1) is 5.69 Å². The lowest BCUT2D eigenvalue weighted by atomic mass is 9.98. The number of anilines is 1. The van der Waals surface area contributed by atoms with Crippen molar-refractivity contribution < 1.29 is 0 Å². The summed E-state index contributed by atoms with van der Waals surface area (Å²) in [5.74, 6) is 0. The number of hydrogen-bond acceptors (Lipinski definition) is 3. The number of nitrogen functional groups attached to an aromatic ring is 1. The van der Waals surface area contributed by atoms with Crippen molar-refractivity contribution >= 4 is 5.69 Å². The number of hydrogen-bond donors (Lipinski definition) is 1. The van der Waals surface area contributed by atoms with Gasteiger partial charge in [-0.1, -0.05) is 18.2 Å². The van der Waals surface area contributed by atoms with Crippen LogP contribution in [0, 0.1) is 6.92 Å². The summed E-state index contributed by atoms with van der Waals surface area (Å²) in [6.07, 6.45) is 1.08. The van der Waals surface area contributed by atoms with E-state index in [1.807, 2.05) is 25.1 Å². The molecule has 1 aliphatic heterocycles. The topological polar surface area (TPSA) is 42.1 Å². The van der Waals surface area contributed by atoms with Crippen molar-refractivity contribution in [3.05, 3.63) is 58.9 Å². The molecule has 19 heavy (non-hydrogen) atoms. The second-order valence-electron chi connectivity index (χ2n) is 5.22. The molecule has 0 amide bonds. The lowest BCUT2D eigenvalue weighted by molar-refractivity contribution is 0.243. The van der Waals surface area contributed by atoms with Gasteiger partial charge in [-0.15, -0.1) is 0 Å². The number of nitrogens with zero attached hydrogens (tertiary/aromatic N) is 2. The van der Waals surface area contributed by atoms with E-state index in [9.17, 15) is 0 Å². The highest BCUT2D eigenvalue weighted by Crippen LogP contribution is 2.24. The first kappa shape index (κ1) is 12.2. The van der Waals surface area contributed by atoms with Crippen LogP contribution >= 0.6 is 0 Å². The number of aryl methyl sites for hydroxylation is 1. The molecule has 1 aliphatic rings. The highest BCUT2D eigenvalue weighted by molar-refractivity contribution is 5.51. The van der Waals surface area contributed by atoms with E-state index in [0.29, 0.717) is 0 Å². The number of pyridine rings is 1. The molecule has 0 saturated heterocycles. The standard InChI is InChI=1S/C16H19N3/c1-12-4-2-6-14(18-12)10-19-9-8-13-5-3-7-16(17)15(13)11-19/h2-7H,8-11,17H2,1H3. The van der Waals surface area contributed by atoms with Gasteiger partial charge in [-0.2, -0.15) is 0 Å². The summed E-state index contributed by atoms with van der Waals surface area (Å²) in [5.41, 5.74) is 11.9. The first-order chi connectivity index (χ1) is 9.22. The van der Waals surface area contributed by atoms with E-state index in [0.717, 1.165) is 43.1 Å². The minimum absolute atomic E-state index is 0.898. The Kier molecular flexibility index (Phi) is 3.22. The molecule has 1 aromatic carbocycles. The van der Waals surface area contributed by atoms with Crippen LogP contribution in [0.1, 0.15) is 22.5 Å². The fourth-order valence-electron chi connectivity index (χ4n) is 2.71. The largest absolute Gasteiger partial charge is 0.398 e. The zero-order valence-electron chi connectivity index (χ0n) is 11.3. The lowest BCUT2D eigenvalue weighted by Crippen LogP contribution is -2.31. The molecule has 0 bridgehead atoms. The highest BCUT2D eigenvalue weighted by atomic mass is 15.1. The molecule has 0 radical (unpaired) electrons. The van der Waals surface area contributed by atoms with Crippen LogP contribution in [-0.2, 0) is 19.5 Å². The third-order valence-corrected chi connectivity index (χ3v) is 3.72. The van der Waals surface area contributed by atoms with Gasteiger partial charge in [0.15, 0.2) is 0 Å². The maximum Gasteiger partial charge on any atom is 0.0547 e. The van der Waals surface area contributed by atoms with Crippen molar-refractivity contribution in [2.75, 3.05) is 12.3 Å². The van der Waals surface area contributed by atoms with Crippen molar-refractivity contribution in [1.82, 2.24) is 9.88 Å². The first-order valence-electron chi connectivity index (χ1n) is 6.73. The van der Waals surface area contributed by atoms with Gasteiger partial charge in [0.25, 0.3) is 0 Å². The summed E-state index contributed by atoms with van der Waals surface area (Å²) < 4.78 is 0. The van der Waals surface area contributed by atoms with Crippen LogP contribution in [0.5, 0.6) is 0 Å². The van der Waals surface area contributed by atoms with Crippen LogP contribution in [0.25, 0.3) is 0 Å². The lowest BCUT2D eigenvalue weighted by Gasteiger charge is -2.29. The Labute approximate surface area is 114 Å². The SMILES string of the molecule is Cc1cccc(CN2CCc3cccc(N)c3C2)n1.